The highest BCUT2D eigenvalue weighted by molar-refractivity contribution is 7.80. The molecule has 0 atom stereocenters. The van der Waals surface area contributed by atoms with Gasteiger partial charge in [0.05, 0.1) is 7.11 Å². The Bertz CT molecular complexity index is 920. The molecule has 0 aliphatic heterocycles. The van der Waals surface area contributed by atoms with E-state index >= 15 is 0 Å². The van der Waals surface area contributed by atoms with Crippen LogP contribution in [0.25, 0.3) is 21.8 Å². The van der Waals surface area contributed by atoms with E-state index in [4.69, 9.17) is 0 Å². The predicted octanol–water partition coefficient (Wildman–Crippen LogP) is 2.22. The molecular weight excluding hydrogens is 302 g/mol. The molecule has 0 unspecified atom stereocenters. The Labute approximate surface area is 129 Å². The molecule has 0 saturated carbocycles. The number of fused-ring (bicyclic) bond motifs is 2. The molecule has 0 amide bonds. The maximum absolute atomic E-state index is 9.22. The molecule has 0 aliphatic rings. The molecule has 1 aromatic heterocycles. The number of para-hydroxylation sites is 1. The third-order valence-corrected chi connectivity index (χ3v) is 3.77. The minimum Gasteiger partial charge on any atom is -0.726 e. The van der Waals surface area contributed by atoms with Gasteiger partial charge in [0.2, 0.25) is 21.4 Å². The van der Waals surface area contributed by atoms with Crippen molar-refractivity contribution in [1.82, 2.24) is 0 Å². The van der Waals surface area contributed by atoms with Crippen molar-refractivity contribution in [2.45, 2.75) is 6.92 Å². The fourth-order valence-electron chi connectivity index (χ4n) is 2.31. The lowest BCUT2D eigenvalue weighted by molar-refractivity contribution is -0.617. The van der Waals surface area contributed by atoms with Gasteiger partial charge in [0.15, 0.2) is 0 Å². The van der Waals surface area contributed by atoms with Crippen LogP contribution in [0.2, 0.25) is 0 Å². The number of pyridine rings is 1. The van der Waals surface area contributed by atoms with Crippen molar-refractivity contribution < 1.29 is 21.7 Å². The summed E-state index contributed by atoms with van der Waals surface area (Å²) >= 11 is 0. The summed E-state index contributed by atoms with van der Waals surface area (Å²) < 4.78 is 33.3. The van der Waals surface area contributed by atoms with E-state index in [0.29, 0.717) is 0 Å². The Morgan fingerprint density at radius 1 is 1.00 bits per heavy atom. The standard InChI is InChI=1S/C15H14N.CH4O4S/c1-11-7-8-15-13(9-11)10-12-5-3-4-6-14(12)16(15)2;1-5-6(2,3)4/h3-10H,1-2H3;1H3,(H,2,3,4)/q+1;/p-1. The number of benzene rings is 2. The van der Waals surface area contributed by atoms with Gasteiger partial charge in [0.25, 0.3) is 0 Å². The summed E-state index contributed by atoms with van der Waals surface area (Å²) in [6.45, 7) is 2.13. The predicted molar refractivity (Wildman–Crippen MR) is 84.1 cm³/mol. The highest BCUT2D eigenvalue weighted by Crippen LogP contribution is 2.18. The zero-order valence-electron chi connectivity index (χ0n) is 12.6. The normalized spacial score (nSPS) is 11.3. The van der Waals surface area contributed by atoms with E-state index in [9.17, 15) is 13.0 Å². The van der Waals surface area contributed by atoms with Gasteiger partial charge >= 0.3 is 0 Å². The highest BCUT2D eigenvalue weighted by Gasteiger charge is 2.10. The first kappa shape index (κ1) is 16.4. The first-order valence-electron chi connectivity index (χ1n) is 6.61. The van der Waals surface area contributed by atoms with Crippen LogP contribution in [0.1, 0.15) is 5.56 Å². The van der Waals surface area contributed by atoms with Crippen molar-refractivity contribution in [3.05, 3.63) is 54.1 Å². The molecule has 2 aromatic carbocycles. The van der Waals surface area contributed by atoms with E-state index in [0.717, 1.165) is 7.11 Å². The van der Waals surface area contributed by atoms with Crippen molar-refractivity contribution >= 4 is 32.2 Å². The minimum absolute atomic E-state index is 0.808. The number of rotatable bonds is 1. The number of aryl methyl sites for hydroxylation is 2. The number of hydrogen-bond donors (Lipinski definition) is 0. The van der Waals surface area contributed by atoms with Crippen LogP contribution in [0, 0.1) is 6.92 Å². The summed E-state index contributed by atoms with van der Waals surface area (Å²) in [7, 11) is -1.48. The third-order valence-electron chi connectivity index (χ3n) is 3.36. The molecule has 0 radical (unpaired) electrons. The summed E-state index contributed by atoms with van der Waals surface area (Å²) in [5.74, 6) is 0. The molecule has 3 rings (SSSR count). The zero-order chi connectivity index (χ0) is 16.3. The third kappa shape index (κ3) is 3.79. The molecule has 116 valence electrons. The summed E-state index contributed by atoms with van der Waals surface area (Å²) in [6, 6.07) is 17.4. The van der Waals surface area contributed by atoms with E-state index in [2.05, 4.69) is 71.3 Å². The molecule has 0 spiro atoms. The quantitative estimate of drug-likeness (QED) is 0.298. The van der Waals surface area contributed by atoms with E-state index < -0.39 is 10.4 Å². The molecule has 3 aromatic rings. The lowest BCUT2D eigenvalue weighted by atomic mass is 10.1. The van der Waals surface area contributed by atoms with Crippen molar-refractivity contribution in [2.24, 2.45) is 7.05 Å². The number of nitrogens with zero attached hydrogens (tertiary/aromatic N) is 1. The highest BCUT2D eigenvalue weighted by atomic mass is 32.3. The summed E-state index contributed by atoms with van der Waals surface area (Å²) in [5, 5.41) is 2.60. The van der Waals surface area contributed by atoms with Gasteiger partial charge in [0.1, 0.15) is 7.05 Å². The first-order chi connectivity index (χ1) is 10.3. The van der Waals surface area contributed by atoms with Gasteiger partial charge in [0, 0.05) is 22.9 Å². The van der Waals surface area contributed by atoms with Gasteiger partial charge in [-0.15, -0.1) is 0 Å². The maximum Gasteiger partial charge on any atom is 0.217 e. The van der Waals surface area contributed by atoms with E-state index in [-0.39, 0.29) is 0 Å². The van der Waals surface area contributed by atoms with Gasteiger partial charge in [-0.25, -0.2) is 8.42 Å². The average Bonchev–Trinajstić information content (AvgIpc) is 2.47. The lowest BCUT2D eigenvalue weighted by Gasteiger charge is -2.02. The fourth-order valence-corrected chi connectivity index (χ4v) is 2.31. The van der Waals surface area contributed by atoms with E-state index in [1.165, 1.54) is 27.4 Å². The van der Waals surface area contributed by atoms with Crippen LogP contribution in [0.15, 0.2) is 48.5 Å². The van der Waals surface area contributed by atoms with E-state index in [1.807, 2.05) is 0 Å². The molecule has 22 heavy (non-hydrogen) atoms. The van der Waals surface area contributed by atoms with Crippen LogP contribution >= 0.6 is 0 Å². The average molecular weight is 319 g/mol. The molecule has 6 heteroatoms. The summed E-state index contributed by atoms with van der Waals surface area (Å²) in [6.07, 6.45) is 0. The van der Waals surface area contributed by atoms with Gasteiger partial charge in [-0.05, 0) is 25.1 Å². The second-order valence-corrected chi connectivity index (χ2v) is 6.05. The Morgan fingerprint density at radius 2 is 1.59 bits per heavy atom. The topological polar surface area (TPSA) is 70.3 Å². The molecule has 5 nitrogen and oxygen atoms in total. The fraction of sp³-hybridized carbons (Fsp3) is 0.188. The van der Waals surface area contributed by atoms with E-state index in [1.54, 1.807) is 0 Å². The maximum atomic E-state index is 9.22. The second-order valence-electron chi connectivity index (χ2n) is 4.90. The largest absolute Gasteiger partial charge is 0.726 e. The monoisotopic (exact) mass is 319 g/mol. The first-order valence-corrected chi connectivity index (χ1v) is 7.95. The second kappa shape index (κ2) is 6.39. The Hall–Kier alpha value is -2.02. The summed E-state index contributed by atoms with van der Waals surface area (Å²) in [4.78, 5) is 0. The van der Waals surface area contributed by atoms with Crippen LogP contribution in [0.4, 0.5) is 0 Å². The molecule has 0 N–H and O–H groups in total. The van der Waals surface area contributed by atoms with Crippen LogP contribution in [0.5, 0.6) is 0 Å². The molecule has 0 saturated heterocycles. The van der Waals surface area contributed by atoms with Crippen molar-refractivity contribution in [3.8, 4) is 0 Å². The van der Waals surface area contributed by atoms with Crippen molar-refractivity contribution in [2.75, 3.05) is 7.11 Å². The lowest BCUT2D eigenvalue weighted by Crippen LogP contribution is -2.29. The van der Waals surface area contributed by atoms with Crippen molar-refractivity contribution in [1.29, 1.82) is 0 Å². The minimum atomic E-state index is -4.41. The van der Waals surface area contributed by atoms with Crippen molar-refractivity contribution in [3.63, 3.8) is 0 Å². The smallest absolute Gasteiger partial charge is 0.217 e. The van der Waals surface area contributed by atoms with Crippen LogP contribution in [0.3, 0.4) is 0 Å². The molecule has 0 bridgehead atoms. The van der Waals surface area contributed by atoms with Gasteiger partial charge < -0.3 is 4.55 Å². The van der Waals surface area contributed by atoms with Gasteiger partial charge in [-0.1, -0.05) is 23.8 Å². The van der Waals surface area contributed by atoms with Crippen LogP contribution in [-0.4, -0.2) is 20.1 Å². The van der Waals surface area contributed by atoms with Gasteiger partial charge in [-0.2, -0.15) is 4.57 Å². The Balaban J connectivity index is 0.000000254. The summed E-state index contributed by atoms with van der Waals surface area (Å²) in [5.41, 5.74) is 3.87. The Kier molecular flexibility index (Phi) is 4.75. The van der Waals surface area contributed by atoms with Crippen LogP contribution in [-0.2, 0) is 21.6 Å². The zero-order valence-corrected chi connectivity index (χ0v) is 13.4. The molecule has 0 aliphatic carbocycles. The molecular formula is C16H17NO4S. The number of aromatic nitrogens is 1. The molecule has 0 fully saturated rings. The SMILES string of the molecule is COS(=O)(=O)[O-].Cc1ccc2c(c1)cc1ccccc1[n+]2C. The molecule has 1 heterocycles. The number of hydrogen-bond acceptors (Lipinski definition) is 4. The van der Waals surface area contributed by atoms with Gasteiger partial charge in [-0.3, -0.25) is 4.18 Å². The van der Waals surface area contributed by atoms with Crippen LogP contribution < -0.4 is 4.57 Å². The Morgan fingerprint density at radius 3 is 2.23 bits per heavy atom.